The number of carbonyl (C=O) groups is 1. The molecular weight excluding hydrogens is 288 g/mol. The summed E-state index contributed by atoms with van der Waals surface area (Å²) in [5.74, 6) is -0.100. The minimum absolute atomic E-state index is 0.100. The van der Waals surface area contributed by atoms with Crippen molar-refractivity contribution in [2.45, 2.75) is 13.0 Å². The van der Waals surface area contributed by atoms with Crippen LogP contribution in [0.2, 0.25) is 0 Å². The predicted molar refractivity (Wildman–Crippen MR) is 92.6 cm³/mol. The average molecular weight is 312 g/mol. The van der Waals surface area contributed by atoms with Gasteiger partial charge < -0.3 is 10.2 Å². The molecule has 2 heterocycles. The van der Waals surface area contributed by atoms with Crippen LogP contribution < -0.4 is 5.32 Å². The van der Waals surface area contributed by atoms with Crippen LogP contribution in [0.1, 0.15) is 17.4 Å². The lowest BCUT2D eigenvalue weighted by Crippen LogP contribution is -2.51. The van der Waals surface area contributed by atoms with Gasteiger partial charge in [-0.2, -0.15) is 0 Å². The third-order valence-corrected chi connectivity index (χ3v) is 4.55. The van der Waals surface area contributed by atoms with E-state index < -0.39 is 0 Å². The molecule has 1 aromatic carbocycles. The minimum Gasteiger partial charge on any atom is -0.349 e. The molecule has 0 radical (unpaired) electrons. The van der Waals surface area contributed by atoms with E-state index in [1.807, 2.05) is 30.3 Å². The monoisotopic (exact) mass is 312 g/mol. The van der Waals surface area contributed by atoms with Crippen molar-refractivity contribution in [3.8, 4) is 0 Å². The Labute approximate surface area is 137 Å². The van der Waals surface area contributed by atoms with E-state index in [2.05, 4.69) is 34.1 Å². The summed E-state index contributed by atoms with van der Waals surface area (Å²) in [7, 11) is 2.15. The van der Waals surface area contributed by atoms with Gasteiger partial charge >= 0.3 is 0 Å². The summed E-state index contributed by atoms with van der Waals surface area (Å²) in [6.45, 7) is 7.11. The molecule has 1 aromatic heterocycles. The SMILES string of the molecule is C[C@@H](CNC(=O)c1ccc2ccccc2n1)N1CCN(C)CC1. The second-order valence-corrected chi connectivity index (χ2v) is 6.29. The molecule has 1 atom stereocenters. The van der Waals surface area contributed by atoms with E-state index in [0.29, 0.717) is 18.3 Å². The van der Waals surface area contributed by atoms with Crippen LogP contribution in [0.4, 0.5) is 0 Å². The summed E-state index contributed by atoms with van der Waals surface area (Å²) >= 11 is 0. The molecule has 0 unspecified atom stereocenters. The number of amides is 1. The van der Waals surface area contributed by atoms with E-state index in [4.69, 9.17) is 0 Å². The molecular formula is C18H24N4O. The number of likely N-dealkylation sites (N-methyl/N-ethyl adjacent to an activating group) is 1. The van der Waals surface area contributed by atoms with E-state index in [1.54, 1.807) is 6.07 Å². The van der Waals surface area contributed by atoms with Crippen LogP contribution in [0.3, 0.4) is 0 Å². The van der Waals surface area contributed by atoms with Gasteiger partial charge in [0, 0.05) is 44.2 Å². The van der Waals surface area contributed by atoms with Crippen LogP contribution in [0.25, 0.3) is 10.9 Å². The fourth-order valence-corrected chi connectivity index (χ4v) is 2.92. The van der Waals surface area contributed by atoms with E-state index >= 15 is 0 Å². The maximum atomic E-state index is 12.3. The molecule has 5 heteroatoms. The number of fused-ring (bicyclic) bond motifs is 1. The number of nitrogens with zero attached hydrogens (tertiary/aromatic N) is 3. The molecule has 5 nitrogen and oxygen atoms in total. The van der Waals surface area contributed by atoms with Crippen LogP contribution >= 0.6 is 0 Å². The normalized spacial score (nSPS) is 18.0. The number of para-hydroxylation sites is 1. The van der Waals surface area contributed by atoms with Crippen molar-refractivity contribution in [3.05, 3.63) is 42.1 Å². The van der Waals surface area contributed by atoms with Crippen molar-refractivity contribution < 1.29 is 4.79 Å². The summed E-state index contributed by atoms with van der Waals surface area (Å²) in [4.78, 5) is 21.5. The van der Waals surface area contributed by atoms with E-state index in [1.165, 1.54) is 0 Å². The van der Waals surface area contributed by atoms with Crippen LogP contribution in [0.5, 0.6) is 0 Å². The lowest BCUT2D eigenvalue weighted by atomic mass is 10.2. The van der Waals surface area contributed by atoms with Gasteiger partial charge in [-0.05, 0) is 26.1 Å². The number of piperazine rings is 1. The zero-order chi connectivity index (χ0) is 16.2. The molecule has 1 N–H and O–H groups in total. The van der Waals surface area contributed by atoms with Gasteiger partial charge in [-0.15, -0.1) is 0 Å². The Morgan fingerprint density at radius 3 is 2.70 bits per heavy atom. The molecule has 23 heavy (non-hydrogen) atoms. The Bertz CT molecular complexity index is 680. The second-order valence-electron chi connectivity index (χ2n) is 6.29. The van der Waals surface area contributed by atoms with Crippen molar-refractivity contribution in [2.75, 3.05) is 39.8 Å². The first-order chi connectivity index (χ1) is 11.1. The van der Waals surface area contributed by atoms with E-state index in [0.717, 1.165) is 37.1 Å². The Morgan fingerprint density at radius 1 is 1.17 bits per heavy atom. The summed E-state index contributed by atoms with van der Waals surface area (Å²) in [5, 5.41) is 4.07. The highest BCUT2D eigenvalue weighted by Crippen LogP contribution is 2.12. The fourth-order valence-electron chi connectivity index (χ4n) is 2.92. The molecule has 3 rings (SSSR count). The summed E-state index contributed by atoms with van der Waals surface area (Å²) < 4.78 is 0. The molecule has 1 aliphatic heterocycles. The molecule has 0 aliphatic carbocycles. The first-order valence-corrected chi connectivity index (χ1v) is 8.20. The van der Waals surface area contributed by atoms with Gasteiger partial charge in [0.05, 0.1) is 5.52 Å². The van der Waals surface area contributed by atoms with Crippen molar-refractivity contribution in [1.29, 1.82) is 0 Å². The summed E-state index contributed by atoms with van der Waals surface area (Å²) in [6.07, 6.45) is 0. The molecule has 1 amide bonds. The summed E-state index contributed by atoms with van der Waals surface area (Å²) in [5.41, 5.74) is 1.33. The lowest BCUT2D eigenvalue weighted by Gasteiger charge is -2.36. The van der Waals surface area contributed by atoms with Crippen molar-refractivity contribution in [1.82, 2.24) is 20.1 Å². The number of rotatable bonds is 4. The molecule has 122 valence electrons. The zero-order valence-electron chi connectivity index (χ0n) is 13.8. The number of aromatic nitrogens is 1. The predicted octanol–water partition coefficient (Wildman–Crippen LogP) is 1.60. The van der Waals surface area contributed by atoms with Gasteiger partial charge in [-0.25, -0.2) is 4.98 Å². The minimum atomic E-state index is -0.100. The van der Waals surface area contributed by atoms with Crippen molar-refractivity contribution >= 4 is 16.8 Å². The van der Waals surface area contributed by atoms with Gasteiger partial charge in [0.1, 0.15) is 5.69 Å². The average Bonchev–Trinajstić information content (AvgIpc) is 2.59. The molecule has 1 aliphatic rings. The van der Waals surface area contributed by atoms with Gasteiger partial charge in [0.2, 0.25) is 0 Å². The maximum Gasteiger partial charge on any atom is 0.269 e. The molecule has 0 bridgehead atoms. The van der Waals surface area contributed by atoms with E-state index in [9.17, 15) is 4.79 Å². The first-order valence-electron chi connectivity index (χ1n) is 8.20. The highest BCUT2D eigenvalue weighted by Gasteiger charge is 2.19. The standard InChI is InChI=1S/C18H24N4O/c1-14(22-11-9-21(2)10-12-22)13-19-18(23)17-8-7-15-5-3-4-6-16(15)20-17/h3-8,14H,9-13H2,1-2H3,(H,19,23)/t14-/m0/s1. The Morgan fingerprint density at radius 2 is 1.91 bits per heavy atom. The lowest BCUT2D eigenvalue weighted by molar-refractivity contribution is 0.0899. The molecule has 2 aromatic rings. The third-order valence-electron chi connectivity index (χ3n) is 4.55. The van der Waals surface area contributed by atoms with Gasteiger partial charge in [0.25, 0.3) is 5.91 Å². The number of hydrogen-bond acceptors (Lipinski definition) is 4. The number of carbonyl (C=O) groups excluding carboxylic acids is 1. The van der Waals surface area contributed by atoms with Crippen LogP contribution in [-0.4, -0.2) is 66.5 Å². The van der Waals surface area contributed by atoms with Crippen molar-refractivity contribution in [2.24, 2.45) is 0 Å². The Hall–Kier alpha value is -1.98. The quantitative estimate of drug-likeness (QED) is 0.932. The Kier molecular flexibility index (Phi) is 4.88. The highest BCUT2D eigenvalue weighted by molar-refractivity contribution is 5.94. The molecule has 1 fully saturated rings. The zero-order valence-corrected chi connectivity index (χ0v) is 13.8. The number of benzene rings is 1. The van der Waals surface area contributed by atoms with Crippen molar-refractivity contribution in [3.63, 3.8) is 0 Å². The number of pyridine rings is 1. The first kappa shape index (κ1) is 15.9. The number of nitrogens with one attached hydrogen (secondary N) is 1. The molecule has 0 saturated carbocycles. The van der Waals surface area contributed by atoms with Crippen LogP contribution in [0.15, 0.2) is 36.4 Å². The van der Waals surface area contributed by atoms with Crippen LogP contribution in [0, 0.1) is 0 Å². The third kappa shape index (κ3) is 3.86. The molecule has 1 saturated heterocycles. The van der Waals surface area contributed by atoms with E-state index in [-0.39, 0.29) is 5.91 Å². The smallest absolute Gasteiger partial charge is 0.269 e. The number of hydrogen-bond donors (Lipinski definition) is 1. The fraction of sp³-hybridized carbons (Fsp3) is 0.444. The second kappa shape index (κ2) is 7.06. The highest BCUT2D eigenvalue weighted by atomic mass is 16.1. The summed E-state index contributed by atoms with van der Waals surface area (Å²) in [6, 6.07) is 11.9. The topological polar surface area (TPSA) is 48.5 Å². The van der Waals surface area contributed by atoms with Crippen LogP contribution in [-0.2, 0) is 0 Å². The largest absolute Gasteiger partial charge is 0.349 e. The maximum absolute atomic E-state index is 12.3. The van der Waals surface area contributed by atoms with Gasteiger partial charge in [-0.1, -0.05) is 24.3 Å². The molecule has 0 spiro atoms. The Balaban J connectivity index is 1.57. The van der Waals surface area contributed by atoms with Gasteiger partial charge in [0.15, 0.2) is 0 Å². The van der Waals surface area contributed by atoms with Gasteiger partial charge in [-0.3, -0.25) is 9.69 Å².